The van der Waals surface area contributed by atoms with Crippen molar-refractivity contribution in [1.29, 1.82) is 5.26 Å². The molecule has 1 aliphatic carbocycles. The molecule has 168 valence electrons. The molecule has 1 atom stereocenters. The second kappa shape index (κ2) is 9.93. The number of aromatic nitrogens is 2. The number of hydrogen-bond donors (Lipinski definition) is 2. The van der Waals surface area contributed by atoms with Gasteiger partial charge < -0.3 is 10.6 Å². The third-order valence-corrected chi connectivity index (χ3v) is 5.53. The van der Waals surface area contributed by atoms with E-state index in [4.69, 9.17) is 5.26 Å². The maximum atomic E-state index is 13.7. The van der Waals surface area contributed by atoms with Crippen LogP contribution in [0.3, 0.4) is 0 Å². The SMILES string of the molecule is CC#Cc1cc(CNC(=O)c2cc(C(=O)N[C@H]3CCc4cc(C#N)ccc43)ncn2)ccc1F. The van der Waals surface area contributed by atoms with E-state index in [2.05, 4.69) is 38.5 Å². The summed E-state index contributed by atoms with van der Waals surface area (Å²) in [5.41, 5.74) is 3.66. The fourth-order valence-corrected chi connectivity index (χ4v) is 3.86. The second-order valence-corrected chi connectivity index (χ2v) is 7.75. The summed E-state index contributed by atoms with van der Waals surface area (Å²) in [6.45, 7) is 1.76. The number of carbonyl (C=O) groups excluding carboxylic acids is 2. The summed E-state index contributed by atoms with van der Waals surface area (Å²) < 4.78 is 13.7. The molecule has 0 aliphatic heterocycles. The van der Waals surface area contributed by atoms with Gasteiger partial charge in [0.25, 0.3) is 11.8 Å². The van der Waals surface area contributed by atoms with Crippen molar-refractivity contribution >= 4 is 11.8 Å². The third-order valence-electron chi connectivity index (χ3n) is 5.53. The van der Waals surface area contributed by atoms with Gasteiger partial charge in [-0.15, -0.1) is 5.92 Å². The molecule has 3 aromatic rings. The largest absolute Gasteiger partial charge is 0.347 e. The first kappa shape index (κ1) is 22.6. The van der Waals surface area contributed by atoms with Crippen molar-refractivity contribution in [3.8, 4) is 17.9 Å². The fourth-order valence-electron chi connectivity index (χ4n) is 3.86. The number of amides is 2. The molecule has 7 nitrogen and oxygen atoms in total. The maximum absolute atomic E-state index is 13.7. The van der Waals surface area contributed by atoms with Crippen LogP contribution in [0.15, 0.2) is 48.8 Å². The first-order valence-corrected chi connectivity index (χ1v) is 10.6. The summed E-state index contributed by atoms with van der Waals surface area (Å²) >= 11 is 0. The summed E-state index contributed by atoms with van der Waals surface area (Å²) in [5.74, 6) is 4.00. The Hall–Kier alpha value is -4.56. The van der Waals surface area contributed by atoms with E-state index in [1.54, 1.807) is 25.1 Å². The molecule has 2 N–H and O–H groups in total. The number of nitrogens with zero attached hydrogens (tertiary/aromatic N) is 3. The van der Waals surface area contributed by atoms with Crippen LogP contribution in [-0.4, -0.2) is 21.8 Å². The quantitative estimate of drug-likeness (QED) is 0.577. The van der Waals surface area contributed by atoms with Crippen molar-refractivity contribution < 1.29 is 14.0 Å². The van der Waals surface area contributed by atoms with Crippen LogP contribution in [-0.2, 0) is 13.0 Å². The van der Waals surface area contributed by atoms with Crippen LogP contribution in [0.4, 0.5) is 4.39 Å². The highest BCUT2D eigenvalue weighted by molar-refractivity contribution is 5.97. The van der Waals surface area contributed by atoms with Crippen LogP contribution >= 0.6 is 0 Å². The lowest BCUT2D eigenvalue weighted by atomic mass is 10.1. The number of fused-ring (bicyclic) bond motifs is 1. The summed E-state index contributed by atoms with van der Waals surface area (Å²) in [4.78, 5) is 33.3. The van der Waals surface area contributed by atoms with E-state index >= 15 is 0 Å². The molecule has 0 saturated carbocycles. The Bertz CT molecular complexity index is 1380. The van der Waals surface area contributed by atoms with Crippen LogP contribution in [0.25, 0.3) is 0 Å². The minimum atomic E-state index is -0.487. The monoisotopic (exact) mass is 453 g/mol. The molecule has 2 amide bonds. The number of nitriles is 1. The number of rotatable bonds is 5. The van der Waals surface area contributed by atoms with Crippen molar-refractivity contribution in [3.63, 3.8) is 0 Å². The van der Waals surface area contributed by atoms with E-state index in [9.17, 15) is 14.0 Å². The Kier molecular flexibility index (Phi) is 6.61. The summed E-state index contributed by atoms with van der Waals surface area (Å²) in [6.07, 6.45) is 2.65. The zero-order chi connectivity index (χ0) is 24.1. The average molecular weight is 453 g/mol. The van der Waals surface area contributed by atoms with Gasteiger partial charge in [0.1, 0.15) is 23.5 Å². The molecule has 2 aromatic carbocycles. The van der Waals surface area contributed by atoms with Crippen LogP contribution in [0.5, 0.6) is 0 Å². The Morgan fingerprint density at radius 2 is 1.91 bits per heavy atom. The van der Waals surface area contributed by atoms with Gasteiger partial charge in [0.15, 0.2) is 0 Å². The van der Waals surface area contributed by atoms with Gasteiger partial charge in [-0.25, -0.2) is 14.4 Å². The lowest BCUT2D eigenvalue weighted by Gasteiger charge is -2.14. The molecule has 0 radical (unpaired) electrons. The highest BCUT2D eigenvalue weighted by Gasteiger charge is 2.25. The first-order valence-electron chi connectivity index (χ1n) is 10.6. The van der Waals surface area contributed by atoms with E-state index in [-0.39, 0.29) is 29.5 Å². The highest BCUT2D eigenvalue weighted by Crippen LogP contribution is 2.31. The van der Waals surface area contributed by atoms with Crippen molar-refractivity contribution in [2.45, 2.75) is 32.4 Å². The molecule has 34 heavy (non-hydrogen) atoms. The molecule has 8 heteroatoms. The first-order chi connectivity index (χ1) is 16.5. The molecule has 0 spiro atoms. The molecule has 4 rings (SSSR count). The number of hydrogen-bond acceptors (Lipinski definition) is 5. The number of benzene rings is 2. The zero-order valence-corrected chi connectivity index (χ0v) is 18.4. The molecule has 1 heterocycles. The standard InChI is InChI=1S/C26H20FN5O2/c1-2-3-19-11-17(5-8-21(19)27)14-29-25(33)23-12-24(31-15-30-23)26(34)32-22-9-6-18-10-16(13-28)4-7-20(18)22/h4-5,7-8,10-12,15,22H,6,9,14H2,1H3,(H,29,33)(H,32,34)/t22-/m0/s1. The van der Waals surface area contributed by atoms with Gasteiger partial charge in [-0.05, 0) is 60.7 Å². The second-order valence-electron chi connectivity index (χ2n) is 7.75. The normalized spacial score (nSPS) is 13.7. The third kappa shape index (κ3) is 4.92. The molecule has 0 unspecified atom stereocenters. The van der Waals surface area contributed by atoms with Crippen LogP contribution in [0, 0.1) is 29.0 Å². The summed E-state index contributed by atoms with van der Waals surface area (Å²) in [7, 11) is 0. The van der Waals surface area contributed by atoms with Crippen LogP contribution in [0.2, 0.25) is 0 Å². The van der Waals surface area contributed by atoms with E-state index in [1.165, 1.54) is 18.5 Å². The van der Waals surface area contributed by atoms with E-state index < -0.39 is 17.6 Å². The molecule has 1 aliphatic rings. The molecular formula is C26H20FN5O2. The van der Waals surface area contributed by atoms with Crippen molar-refractivity contribution in [2.24, 2.45) is 0 Å². The van der Waals surface area contributed by atoms with E-state index in [0.29, 0.717) is 11.1 Å². The number of aryl methyl sites for hydroxylation is 1. The molecule has 0 saturated heterocycles. The van der Waals surface area contributed by atoms with Gasteiger partial charge >= 0.3 is 0 Å². The Balaban J connectivity index is 1.41. The zero-order valence-electron chi connectivity index (χ0n) is 18.4. The van der Waals surface area contributed by atoms with Gasteiger partial charge in [0, 0.05) is 12.6 Å². The average Bonchev–Trinajstić information content (AvgIpc) is 3.26. The number of halogens is 1. The summed E-state index contributed by atoms with van der Waals surface area (Å²) in [6, 6.07) is 13.1. The van der Waals surface area contributed by atoms with Gasteiger partial charge in [-0.2, -0.15) is 5.26 Å². The predicted octanol–water partition coefficient (Wildman–Crippen LogP) is 3.21. The summed E-state index contributed by atoms with van der Waals surface area (Å²) in [5, 5.41) is 14.7. The van der Waals surface area contributed by atoms with Crippen LogP contribution in [0.1, 0.15) is 68.2 Å². The smallest absolute Gasteiger partial charge is 0.270 e. The Morgan fingerprint density at radius 3 is 2.68 bits per heavy atom. The van der Waals surface area contributed by atoms with Gasteiger partial charge in [0.2, 0.25) is 0 Å². The number of nitrogens with one attached hydrogen (secondary N) is 2. The molecule has 1 aromatic heterocycles. The van der Waals surface area contributed by atoms with E-state index in [1.807, 2.05) is 12.1 Å². The lowest BCUT2D eigenvalue weighted by molar-refractivity contribution is 0.0931. The molecule has 0 fully saturated rings. The van der Waals surface area contributed by atoms with Gasteiger partial charge in [0.05, 0.1) is 23.2 Å². The fraction of sp³-hybridized carbons (Fsp3) is 0.192. The maximum Gasteiger partial charge on any atom is 0.270 e. The van der Waals surface area contributed by atoms with E-state index in [0.717, 1.165) is 24.0 Å². The number of carbonyl (C=O) groups is 2. The molecular weight excluding hydrogens is 433 g/mol. The minimum Gasteiger partial charge on any atom is -0.347 e. The van der Waals surface area contributed by atoms with Crippen molar-refractivity contribution in [1.82, 2.24) is 20.6 Å². The predicted molar refractivity (Wildman–Crippen MR) is 122 cm³/mol. The van der Waals surface area contributed by atoms with Crippen molar-refractivity contribution in [2.75, 3.05) is 0 Å². The topological polar surface area (TPSA) is 108 Å². The minimum absolute atomic E-state index is 0.0429. The van der Waals surface area contributed by atoms with Crippen molar-refractivity contribution in [3.05, 3.63) is 93.8 Å². The van der Waals surface area contributed by atoms with Gasteiger partial charge in [-0.1, -0.05) is 18.1 Å². The molecule has 0 bridgehead atoms. The van der Waals surface area contributed by atoms with Gasteiger partial charge in [-0.3, -0.25) is 9.59 Å². The Labute approximate surface area is 196 Å². The lowest BCUT2D eigenvalue weighted by Crippen LogP contribution is -2.29. The Morgan fingerprint density at radius 1 is 1.12 bits per heavy atom. The highest BCUT2D eigenvalue weighted by atomic mass is 19.1. The van der Waals surface area contributed by atoms with Crippen LogP contribution < -0.4 is 10.6 Å².